The lowest BCUT2D eigenvalue weighted by Gasteiger charge is -2.32. The molecule has 0 spiro atoms. The molecular weight excluding hydrogens is 761 g/mol. The van der Waals surface area contributed by atoms with Crippen LogP contribution < -0.4 is 9.64 Å². The Labute approximate surface area is 359 Å². The van der Waals surface area contributed by atoms with Gasteiger partial charge in [-0.15, -0.1) is 0 Å². The summed E-state index contributed by atoms with van der Waals surface area (Å²) >= 11 is 0. The number of hydrogen-bond acceptors (Lipinski definition) is 7. The van der Waals surface area contributed by atoms with Crippen molar-refractivity contribution in [2.24, 2.45) is 0 Å². The Hall–Kier alpha value is -8.55. The van der Waals surface area contributed by atoms with Gasteiger partial charge in [0.25, 0.3) is 0 Å². The zero-order chi connectivity index (χ0) is 41.2. The van der Waals surface area contributed by atoms with E-state index in [1.807, 2.05) is 115 Å². The zero-order valence-electron chi connectivity index (χ0n) is 33.4. The van der Waals surface area contributed by atoms with Crippen LogP contribution >= 0.6 is 0 Å². The number of benzene rings is 8. The highest BCUT2D eigenvalue weighted by Crippen LogP contribution is 2.50. The van der Waals surface area contributed by atoms with Crippen molar-refractivity contribution in [3.8, 4) is 90.7 Å². The standard InChI is InChI=1S/C55H36N6O/c1-4-16-37(17-5-1)46-36-47(57-52(56-46)40-30-32-45(33-31-40)61-48-26-10-12-28-50(48)62-51-29-13-11-27-49(51)61)43-24-14-22-41(34-43)42-23-15-25-44(35-42)55-59-53(38-18-6-2-7-19-38)58-54(60-55)39-20-8-3-9-21-39/h1-36H. The van der Waals surface area contributed by atoms with E-state index < -0.39 is 0 Å². The number of anilines is 3. The third kappa shape index (κ3) is 7.14. The molecule has 10 aromatic rings. The first-order valence-electron chi connectivity index (χ1n) is 20.5. The van der Waals surface area contributed by atoms with Crippen molar-refractivity contribution in [1.82, 2.24) is 24.9 Å². The molecule has 8 aromatic carbocycles. The van der Waals surface area contributed by atoms with Crippen LogP contribution in [0.4, 0.5) is 17.1 Å². The third-order valence-electron chi connectivity index (χ3n) is 10.9. The van der Waals surface area contributed by atoms with Crippen LogP contribution in [0.3, 0.4) is 0 Å². The second-order valence-corrected chi connectivity index (χ2v) is 14.9. The maximum absolute atomic E-state index is 6.26. The molecule has 11 rings (SSSR count). The smallest absolute Gasteiger partial charge is 0.164 e. The fourth-order valence-corrected chi connectivity index (χ4v) is 7.86. The van der Waals surface area contributed by atoms with E-state index in [2.05, 4.69) is 108 Å². The van der Waals surface area contributed by atoms with Gasteiger partial charge in [0.2, 0.25) is 0 Å². The fraction of sp³-hybridized carbons (Fsp3) is 0. The summed E-state index contributed by atoms with van der Waals surface area (Å²) in [5.41, 5.74) is 12.4. The molecule has 0 N–H and O–H groups in total. The van der Waals surface area contributed by atoms with Gasteiger partial charge in [0, 0.05) is 39.1 Å². The highest BCUT2D eigenvalue weighted by molar-refractivity contribution is 5.87. The van der Waals surface area contributed by atoms with Gasteiger partial charge < -0.3 is 9.64 Å². The second-order valence-electron chi connectivity index (χ2n) is 14.9. The van der Waals surface area contributed by atoms with E-state index in [-0.39, 0.29) is 0 Å². The number of fused-ring (bicyclic) bond motifs is 2. The first-order valence-corrected chi connectivity index (χ1v) is 20.5. The summed E-state index contributed by atoms with van der Waals surface area (Å²) in [6.07, 6.45) is 0. The van der Waals surface area contributed by atoms with E-state index in [4.69, 9.17) is 29.7 Å². The molecule has 292 valence electrons. The molecular formula is C55H36N6O. The predicted molar refractivity (Wildman–Crippen MR) is 248 cm³/mol. The Morgan fingerprint density at radius 3 is 1.23 bits per heavy atom. The molecule has 0 atom stereocenters. The SMILES string of the molecule is c1ccc(-c2cc(-c3cccc(-c4cccc(-c5nc(-c6ccccc6)nc(-c6ccccc6)n5)c4)c3)nc(-c3ccc(N4c5ccccc5Oc5ccccc54)cc3)n2)cc1. The number of ether oxygens (including phenoxy) is 1. The molecule has 7 nitrogen and oxygen atoms in total. The van der Waals surface area contributed by atoms with Crippen molar-refractivity contribution in [3.05, 3.63) is 218 Å². The molecule has 1 aliphatic rings. The lowest BCUT2D eigenvalue weighted by Crippen LogP contribution is -2.15. The predicted octanol–water partition coefficient (Wildman–Crippen LogP) is 13.9. The van der Waals surface area contributed by atoms with Crippen LogP contribution in [0.2, 0.25) is 0 Å². The minimum atomic E-state index is 0.608. The van der Waals surface area contributed by atoms with Gasteiger partial charge in [0.15, 0.2) is 34.8 Å². The van der Waals surface area contributed by atoms with Crippen molar-refractivity contribution in [2.45, 2.75) is 0 Å². The van der Waals surface area contributed by atoms with Gasteiger partial charge >= 0.3 is 0 Å². The minimum absolute atomic E-state index is 0.608. The lowest BCUT2D eigenvalue weighted by molar-refractivity contribution is 0.477. The summed E-state index contributed by atoms with van der Waals surface area (Å²) < 4.78 is 6.26. The molecule has 3 heterocycles. The first kappa shape index (κ1) is 36.5. The van der Waals surface area contributed by atoms with E-state index >= 15 is 0 Å². The molecule has 0 saturated carbocycles. The van der Waals surface area contributed by atoms with E-state index in [9.17, 15) is 0 Å². The molecule has 0 bridgehead atoms. The average Bonchev–Trinajstić information content (AvgIpc) is 3.36. The molecule has 62 heavy (non-hydrogen) atoms. The van der Waals surface area contributed by atoms with Crippen LogP contribution in [-0.4, -0.2) is 24.9 Å². The van der Waals surface area contributed by atoms with Crippen molar-refractivity contribution in [1.29, 1.82) is 0 Å². The normalized spacial score (nSPS) is 11.6. The monoisotopic (exact) mass is 796 g/mol. The topological polar surface area (TPSA) is 76.9 Å². The lowest BCUT2D eigenvalue weighted by atomic mass is 9.99. The second kappa shape index (κ2) is 15.9. The minimum Gasteiger partial charge on any atom is -0.453 e. The number of nitrogens with zero attached hydrogens (tertiary/aromatic N) is 6. The highest BCUT2D eigenvalue weighted by atomic mass is 16.5. The van der Waals surface area contributed by atoms with Crippen LogP contribution in [-0.2, 0) is 0 Å². The maximum Gasteiger partial charge on any atom is 0.164 e. The van der Waals surface area contributed by atoms with E-state index in [0.29, 0.717) is 23.3 Å². The molecule has 7 heteroatoms. The van der Waals surface area contributed by atoms with Crippen LogP contribution in [0.25, 0.3) is 79.2 Å². The molecule has 0 unspecified atom stereocenters. The molecule has 1 aliphatic heterocycles. The Balaban J connectivity index is 0.964. The third-order valence-corrected chi connectivity index (χ3v) is 10.9. The Morgan fingerprint density at radius 1 is 0.274 bits per heavy atom. The van der Waals surface area contributed by atoms with Gasteiger partial charge in [-0.05, 0) is 77.9 Å². The molecule has 0 saturated heterocycles. The fourth-order valence-electron chi connectivity index (χ4n) is 7.86. The summed E-state index contributed by atoms with van der Waals surface area (Å²) in [7, 11) is 0. The number of aromatic nitrogens is 5. The van der Waals surface area contributed by atoms with Gasteiger partial charge in [0.1, 0.15) is 0 Å². The summed E-state index contributed by atoms with van der Waals surface area (Å²) in [6, 6.07) is 74.0. The molecule has 0 aliphatic carbocycles. The summed E-state index contributed by atoms with van der Waals surface area (Å²) in [4.78, 5) is 27.4. The zero-order valence-corrected chi connectivity index (χ0v) is 33.4. The van der Waals surface area contributed by atoms with Crippen molar-refractivity contribution >= 4 is 17.1 Å². The highest BCUT2D eigenvalue weighted by Gasteiger charge is 2.25. The van der Waals surface area contributed by atoms with Crippen LogP contribution in [0.15, 0.2) is 218 Å². The van der Waals surface area contributed by atoms with Gasteiger partial charge in [-0.25, -0.2) is 24.9 Å². The maximum atomic E-state index is 6.26. The number of rotatable bonds is 8. The van der Waals surface area contributed by atoms with Crippen LogP contribution in [0, 0.1) is 0 Å². The Kier molecular flexibility index (Phi) is 9.37. The number of hydrogen-bond donors (Lipinski definition) is 0. The van der Waals surface area contributed by atoms with Crippen LogP contribution in [0.1, 0.15) is 0 Å². The average molecular weight is 797 g/mol. The molecule has 0 amide bonds. The van der Waals surface area contributed by atoms with Crippen molar-refractivity contribution < 1.29 is 4.74 Å². The van der Waals surface area contributed by atoms with E-state index in [1.54, 1.807) is 0 Å². The Bertz CT molecular complexity index is 3110. The van der Waals surface area contributed by atoms with Gasteiger partial charge in [0.05, 0.1) is 22.8 Å². The summed E-state index contributed by atoms with van der Waals surface area (Å²) in [6.45, 7) is 0. The van der Waals surface area contributed by atoms with Crippen molar-refractivity contribution in [2.75, 3.05) is 4.90 Å². The van der Waals surface area contributed by atoms with Gasteiger partial charge in [-0.2, -0.15) is 0 Å². The number of para-hydroxylation sites is 4. The summed E-state index contributed by atoms with van der Waals surface area (Å²) in [5.74, 6) is 4.13. The van der Waals surface area contributed by atoms with Crippen LogP contribution in [0.5, 0.6) is 11.5 Å². The molecule has 2 aromatic heterocycles. The van der Waals surface area contributed by atoms with Crippen molar-refractivity contribution in [3.63, 3.8) is 0 Å². The summed E-state index contributed by atoms with van der Waals surface area (Å²) in [5, 5.41) is 0. The van der Waals surface area contributed by atoms with E-state index in [1.165, 1.54) is 0 Å². The Morgan fingerprint density at radius 2 is 0.661 bits per heavy atom. The quantitative estimate of drug-likeness (QED) is 0.152. The van der Waals surface area contributed by atoms with E-state index in [0.717, 1.165) is 84.5 Å². The van der Waals surface area contributed by atoms with Gasteiger partial charge in [-0.1, -0.05) is 152 Å². The molecule has 0 radical (unpaired) electrons. The largest absolute Gasteiger partial charge is 0.453 e. The molecule has 0 fully saturated rings. The van der Waals surface area contributed by atoms with Gasteiger partial charge in [-0.3, -0.25) is 0 Å². The first-order chi connectivity index (χ1) is 30.7.